The van der Waals surface area contributed by atoms with E-state index in [0.717, 1.165) is 12.1 Å². The Balaban J connectivity index is 1.48. The number of aryl methyl sites for hydroxylation is 1. The average molecular weight is 440 g/mol. The zero-order valence-electron chi connectivity index (χ0n) is 17.5. The second-order valence-corrected chi connectivity index (χ2v) is 7.51. The Hall–Kier alpha value is -3.68. The number of rotatable bonds is 5. The van der Waals surface area contributed by atoms with E-state index >= 15 is 0 Å². The molecular formula is C24H22F2N2O4. The SMILES string of the molecule is Cc1ccc(C(=O)N2CCN(C(=O)C(Oc3ccc(F)c(F)c3)c3ccccc3)CC2)o1. The van der Waals surface area contributed by atoms with Crippen LogP contribution in [-0.4, -0.2) is 47.8 Å². The molecule has 0 bridgehead atoms. The number of furan rings is 1. The smallest absolute Gasteiger partial charge is 0.289 e. The van der Waals surface area contributed by atoms with Gasteiger partial charge in [-0.25, -0.2) is 8.78 Å². The molecule has 166 valence electrons. The lowest BCUT2D eigenvalue weighted by atomic mass is 10.1. The molecule has 4 rings (SSSR count). The largest absolute Gasteiger partial charge is 0.476 e. The zero-order chi connectivity index (χ0) is 22.7. The maximum atomic E-state index is 13.7. The molecule has 1 aromatic heterocycles. The van der Waals surface area contributed by atoms with Crippen molar-refractivity contribution in [1.82, 2.24) is 9.80 Å². The molecule has 0 aliphatic carbocycles. The van der Waals surface area contributed by atoms with Gasteiger partial charge in [-0.15, -0.1) is 0 Å². The number of carbonyl (C=O) groups excluding carboxylic acids is 2. The molecule has 0 radical (unpaired) electrons. The van der Waals surface area contributed by atoms with Crippen molar-refractivity contribution < 1.29 is 27.5 Å². The number of amides is 2. The van der Waals surface area contributed by atoms with Crippen LogP contribution in [0.5, 0.6) is 5.75 Å². The van der Waals surface area contributed by atoms with Crippen molar-refractivity contribution in [3.05, 3.63) is 89.4 Å². The molecule has 1 saturated heterocycles. The van der Waals surface area contributed by atoms with Gasteiger partial charge in [-0.2, -0.15) is 0 Å². The van der Waals surface area contributed by atoms with E-state index in [1.54, 1.807) is 53.1 Å². The topological polar surface area (TPSA) is 63.0 Å². The summed E-state index contributed by atoms with van der Waals surface area (Å²) in [6, 6.07) is 15.3. The molecule has 2 aromatic carbocycles. The van der Waals surface area contributed by atoms with Crippen molar-refractivity contribution in [2.45, 2.75) is 13.0 Å². The quantitative estimate of drug-likeness (QED) is 0.602. The van der Waals surface area contributed by atoms with E-state index in [2.05, 4.69) is 0 Å². The Kier molecular flexibility index (Phi) is 6.20. The van der Waals surface area contributed by atoms with Crippen molar-refractivity contribution in [3.8, 4) is 5.75 Å². The van der Waals surface area contributed by atoms with E-state index in [1.807, 2.05) is 6.07 Å². The first kappa shape index (κ1) is 21.5. The third-order valence-electron chi connectivity index (χ3n) is 5.30. The van der Waals surface area contributed by atoms with Crippen molar-refractivity contribution in [2.75, 3.05) is 26.2 Å². The van der Waals surface area contributed by atoms with Gasteiger partial charge in [0.2, 0.25) is 6.10 Å². The van der Waals surface area contributed by atoms with Crippen molar-refractivity contribution in [1.29, 1.82) is 0 Å². The minimum atomic E-state index is -1.05. The number of benzene rings is 2. The fourth-order valence-electron chi connectivity index (χ4n) is 3.58. The minimum Gasteiger partial charge on any atom is -0.476 e. The van der Waals surface area contributed by atoms with Crippen LogP contribution in [0.4, 0.5) is 8.78 Å². The zero-order valence-corrected chi connectivity index (χ0v) is 17.5. The Morgan fingerprint density at radius 1 is 0.906 bits per heavy atom. The summed E-state index contributed by atoms with van der Waals surface area (Å²) in [6.07, 6.45) is -1.03. The monoisotopic (exact) mass is 440 g/mol. The van der Waals surface area contributed by atoms with E-state index < -0.39 is 17.7 Å². The van der Waals surface area contributed by atoms with E-state index in [9.17, 15) is 18.4 Å². The summed E-state index contributed by atoms with van der Waals surface area (Å²) >= 11 is 0. The third-order valence-corrected chi connectivity index (χ3v) is 5.30. The van der Waals surface area contributed by atoms with Crippen LogP contribution < -0.4 is 4.74 Å². The third kappa shape index (κ3) is 4.64. The van der Waals surface area contributed by atoms with Crippen LogP contribution in [0.3, 0.4) is 0 Å². The van der Waals surface area contributed by atoms with Crippen LogP contribution in [0.25, 0.3) is 0 Å². The lowest BCUT2D eigenvalue weighted by Gasteiger charge is -2.36. The highest BCUT2D eigenvalue weighted by Gasteiger charge is 2.32. The van der Waals surface area contributed by atoms with Gasteiger partial charge in [-0.05, 0) is 31.2 Å². The second kappa shape index (κ2) is 9.21. The van der Waals surface area contributed by atoms with Gasteiger partial charge in [0.05, 0.1) is 0 Å². The van der Waals surface area contributed by atoms with Gasteiger partial charge in [0, 0.05) is 37.8 Å². The molecule has 0 N–H and O–H groups in total. The van der Waals surface area contributed by atoms with Gasteiger partial charge in [0.15, 0.2) is 17.4 Å². The summed E-state index contributed by atoms with van der Waals surface area (Å²) in [5.41, 5.74) is 0.590. The standard InChI is InChI=1S/C24H22F2N2O4/c1-16-7-10-21(31-16)23(29)27-11-13-28(14-12-27)24(30)22(17-5-3-2-4-6-17)32-18-8-9-19(25)20(26)15-18/h2-10,15,22H,11-14H2,1H3. The van der Waals surface area contributed by atoms with Gasteiger partial charge < -0.3 is 19.0 Å². The molecule has 2 heterocycles. The number of ether oxygens (including phenoxy) is 1. The summed E-state index contributed by atoms with van der Waals surface area (Å²) in [5, 5.41) is 0. The predicted molar refractivity (Wildman–Crippen MR) is 112 cm³/mol. The Morgan fingerprint density at radius 3 is 2.22 bits per heavy atom. The predicted octanol–water partition coefficient (Wildman–Crippen LogP) is 3.97. The van der Waals surface area contributed by atoms with E-state index in [1.165, 1.54) is 6.07 Å². The molecule has 1 atom stereocenters. The second-order valence-electron chi connectivity index (χ2n) is 7.51. The molecule has 6 nitrogen and oxygen atoms in total. The molecule has 32 heavy (non-hydrogen) atoms. The van der Waals surface area contributed by atoms with Crippen molar-refractivity contribution >= 4 is 11.8 Å². The van der Waals surface area contributed by atoms with Crippen molar-refractivity contribution in [2.24, 2.45) is 0 Å². The van der Waals surface area contributed by atoms with Crippen LogP contribution in [-0.2, 0) is 4.79 Å². The minimum absolute atomic E-state index is 0.0492. The Morgan fingerprint density at radius 2 is 1.59 bits per heavy atom. The first-order valence-electron chi connectivity index (χ1n) is 10.2. The maximum Gasteiger partial charge on any atom is 0.289 e. The summed E-state index contributed by atoms with van der Waals surface area (Å²) in [6.45, 7) is 3.08. The maximum absolute atomic E-state index is 13.7. The van der Waals surface area contributed by atoms with Crippen LogP contribution in [0.15, 0.2) is 65.1 Å². The van der Waals surface area contributed by atoms with E-state index in [-0.39, 0.29) is 23.3 Å². The summed E-state index contributed by atoms with van der Waals surface area (Å²) < 4.78 is 38.2. The first-order chi connectivity index (χ1) is 15.4. The molecule has 0 saturated carbocycles. The normalized spacial score (nSPS) is 14.8. The highest BCUT2D eigenvalue weighted by molar-refractivity contribution is 5.92. The number of hydrogen-bond acceptors (Lipinski definition) is 4. The Labute approximate surface area is 184 Å². The molecule has 8 heteroatoms. The molecular weight excluding hydrogens is 418 g/mol. The average Bonchev–Trinajstić information content (AvgIpc) is 3.26. The molecule has 0 spiro atoms. The van der Waals surface area contributed by atoms with E-state index in [4.69, 9.17) is 9.15 Å². The summed E-state index contributed by atoms with van der Waals surface area (Å²) in [5.74, 6) is -1.61. The van der Waals surface area contributed by atoms with Gasteiger partial charge in [-0.3, -0.25) is 9.59 Å². The highest BCUT2D eigenvalue weighted by atomic mass is 19.2. The van der Waals surface area contributed by atoms with Crippen LogP contribution in [0.2, 0.25) is 0 Å². The number of nitrogens with zero attached hydrogens (tertiary/aromatic N) is 2. The number of hydrogen-bond donors (Lipinski definition) is 0. The number of carbonyl (C=O) groups is 2. The molecule has 1 aliphatic rings. The van der Waals surface area contributed by atoms with Crippen LogP contribution >= 0.6 is 0 Å². The molecule has 3 aromatic rings. The lowest BCUT2D eigenvalue weighted by Crippen LogP contribution is -2.52. The fourth-order valence-corrected chi connectivity index (χ4v) is 3.58. The molecule has 1 fully saturated rings. The fraction of sp³-hybridized carbons (Fsp3) is 0.250. The first-order valence-corrected chi connectivity index (χ1v) is 10.2. The molecule has 1 unspecified atom stereocenters. The molecule has 1 aliphatic heterocycles. The van der Waals surface area contributed by atoms with Crippen molar-refractivity contribution in [3.63, 3.8) is 0 Å². The Bertz CT molecular complexity index is 1110. The number of piperazine rings is 1. The highest BCUT2D eigenvalue weighted by Crippen LogP contribution is 2.26. The summed E-state index contributed by atoms with van der Waals surface area (Å²) in [4.78, 5) is 29.1. The number of halogens is 2. The molecule has 2 amide bonds. The van der Waals surface area contributed by atoms with Gasteiger partial charge in [0.1, 0.15) is 11.5 Å². The van der Waals surface area contributed by atoms with Crippen LogP contribution in [0.1, 0.15) is 28.0 Å². The lowest BCUT2D eigenvalue weighted by molar-refractivity contribution is -0.140. The van der Waals surface area contributed by atoms with Gasteiger partial charge in [-0.1, -0.05) is 30.3 Å². The van der Waals surface area contributed by atoms with Gasteiger partial charge >= 0.3 is 0 Å². The van der Waals surface area contributed by atoms with E-state index in [0.29, 0.717) is 37.5 Å². The summed E-state index contributed by atoms with van der Waals surface area (Å²) in [7, 11) is 0. The van der Waals surface area contributed by atoms with Gasteiger partial charge in [0.25, 0.3) is 11.8 Å². The van der Waals surface area contributed by atoms with Crippen LogP contribution in [0, 0.1) is 18.6 Å².